The Labute approximate surface area is 185 Å². The van der Waals surface area contributed by atoms with Crippen LogP contribution in [-0.4, -0.2) is 11.7 Å². The quantitative estimate of drug-likeness (QED) is 0.356. The van der Waals surface area contributed by atoms with Gasteiger partial charge in [-0.25, -0.2) is 0 Å². The minimum absolute atomic E-state index is 0.0379. The van der Waals surface area contributed by atoms with Crippen LogP contribution in [0.5, 0.6) is 0 Å². The molecular weight excluding hydrogens is 487 g/mol. The van der Waals surface area contributed by atoms with Crippen molar-refractivity contribution in [3.8, 4) is 6.07 Å². The zero-order valence-electron chi connectivity index (χ0n) is 16.4. The van der Waals surface area contributed by atoms with Gasteiger partial charge in [-0.2, -0.15) is 44.8 Å². The molecular formula is C20H13F9N2OS. The highest BCUT2D eigenvalue weighted by molar-refractivity contribution is 7.99. The summed E-state index contributed by atoms with van der Waals surface area (Å²) in [5.74, 6) is -2.35. The van der Waals surface area contributed by atoms with Crippen LogP contribution in [0.3, 0.4) is 0 Å². The Balaban J connectivity index is 2.20. The van der Waals surface area contributed by atoms with Crippen molar-refractivity contribution < 1.29 is 44.3 Å². The number of halogens is 9. The monoisotopic (exact) mass is 500 g/mol. The van der Waals surface area contributed by atoms with Gasteiger partial charge in [-0.05, 0) is 36.4 Å². The largest absolute Gasteiger partial charge is 0.418 e. The van der Waals surface area contributed by atoms with Crippen molar-refractivity contribution in [2.24, 2.45) is 5.92 Å². The van der Waals surface area contributed by atoms with Gasteiger partial charge in [-0.1, -0.05) is 6.92 Å². The van der Waals surface area contributed by atoms with E-state index in [1.165, 1.54) is 13.0 Å². The molecule has 0 aromatic heterocycles. The van der Waals surface area contributed by atoms with E-state index in [2.05, 4.69) is 0 Å². The average Bonchev–Trinajstić information content (AvgIpc) is 2.69. The molecule has 2 aromatic rings. The van der Waals surface area contributed by atoms with Gasteiger partial charge in [0.2, 0.25) is 5.91 Å². The number of benzene rings is 2. The van der Waals surface area contributed by atoms with Crippen LogP contribution in [0.2, 0.25) is 0 Å². The number of carbonyl (C=O) groups excluding carboxylic acids is 1. The first-order chi connectivity index (χ1) is 15.0. The number of nitrogens with one attached hydrogen (secondary N) is 1. The molecule has 0 aliphatic heterocycles. The van der Waals surface area contributed by atoms with E-state index >= 15 is 0 Å². The van der Waals surface area contributed by atoms with E-state index in [0.717, 1.165) is 12.1 Å². The molecule has 0 fully saturated rings. The van der Waals surface area contributed by atoms with Gasteiger partial charge in [-0.3, -0.25) is 4.79 Å². The zero-order valence-corrected chi connectivity index (χ0v) is 17.2. The first-order valence-electron chi connectivity index (χ1n) is 8.87. The fourth-order valence-electron chi connectivity index (χ4n) is 2.52. The summed E-state index contributed by atoms with van der Waals surface area (Å²) < 4.78 is 117. The van der Waals surface area contributed by atoms with Crippen LogP contribution in [0, 0.1) is 17.2 Å². The molecule has 1 N–H and O–H groups in total. The van der Waals surface area contributed by atoms with Crippen molar-refractivity contribution in [2.75, 3.05) is 11.1 Å². The highest BCUT2D eigenvalue weighted by Crippen LogP contribution is 2.39. The fraction of sp³-hybridized carbons (Fsp3) is 0.300. The van der Waals surface area contributed by atoms with E-state index in [1.54, 1.807) is 0 Å². The molecule has 13 heteroatoms. The van der Waals surface area contributed by atoms with Gasteiger partial charge in [0.15, 0.2) is 0 Å². The predicted molar refractivity (Wildman–Crippen MR) is 101 cm³/mol. The van der Waals surface area contributed by atoms with E-state index in [9.17, 15) is 44.3 Å². The summed E-state index contributed by atoms with van der Waals surface area (Å²) in [6, 6.07) is 4.94. The molecule has 0 saturated carbocycles. The van der Waals surface area contributed by atoms with Gasteiger partial charge < -0.3 is 5.32 Å². The molecule has 0 saturated heterocycles. The molecule has 1 unspecified atom stereocenters. The number of alkyl halides is 9. The Bertz CT molecular complexity index is 1040. The smallest absolute Gasteiger partial charge is 0.325 e. The minimum atomic E-state index is -5.04. The van der Waals surface area contributed by atoms with Crippen LogP contribution in [0.15, 0.2) is 41.3 Å². The number of hydrogen-bond donors (Lipinski definition) is 1. The fourth-order valence-corrected chi connectivity index (χ4v) is 3.53. The molecule has 0 aliphatic carbocycles. The van der Waals surface area contributed by atoms with Crippen molar-refractivity contribution in [2.45, 2.75) is 30.3 Å². The number of nitrogens with zero attached hydrogens (tertiary/aromatic N) is 1. The first-order valence-corrected chi connectivity index (χ1v) is 9.85. The molecule has 0 spiro atoms. The van der Waals surface area contributed by atoms with E-state index < -0.39 is 57.6 Å². The van der Waals surface area contributed by atoms with Crippen LogP contribution >= 0.6 is 11.8 Å². The Morgan fingerprint density at radius 3 is 1.94 bits per heavy atom. The summed E-state index contributed by atoms with van der Waals surface area (Å²) in [5.41, 5.74) is -5.26. The Morgan fingerprint density at radius 1 is 0.939 bits per heavy atom. The molecule has 0 radical (unpaired) electrons. The zero-order chi connectivity index (χ0) is 25.2. The lowest BCUT2D eigenvalue weighted by molar-refractivity contribution is -0.143. The lowest BCUT2D eigenvalue weighted by Crippen LogP contribution is -2.24. The molecule has 33 heavy (non-hydrogen) atoms. The first kappa shape index (κ1) is 26.4. The summed E-state index contributed by atoms with van der Waals surface area (Å²) in [5, 5.41) is 10.8. The van der Waals surface area contributed by atoms with Gasteiger partial charge in [-0.15, -0.1) is 11.8 Å². The lowest BCUT2D eigenvalue weighted by atomic mass is 10.1. The molecule has 1 amide bonds. The van der Waals surface area contributed by atoms with Gasteiger partial charge in [0.25, 0.3) is 0 Å². The third-order valence-electron chi connectivity index (χ3n) is 4.22. The molecule has 0 bridgehead atoms. The van der Waals surface area contributed by atoms with Gasteiger partial charge in [0, 0.05) is 16.6 Å². The van der Waals surface area contributed by atoms with E-state index in [0.29, 0.717) is 30.0 Å². The van der Waals surface area contributed by atoms with Crippen LogP contribution in [0.1, 0.15) is 29.2 Å². The SMILES string of the molecule is CC(CSc1cc(C(F)(F)F)cc(C(F)(F)F)c1)C(=O)Nc1ccc(C#N)cc1C(F)(F)F. The van der Waals surface area contributed by atoms with Crippen molar-refractivity contribution in [3.05, 3.63) is 58.7 Å². The lowest BCUT2D eigenvalue weighted by Gasteiger charge is -2.17. The second-order valence-electron chi connectivity index (χ2n) is 6.81. The van der Waals surface area contributed by atoms with Crippen LogP contribution in [0.25, 0.3) is 0 Å². The summed E-state index contributed by atoms with van der Waals surface area (Å²) in [6.45, 7) is 1.25. The summed E-state index contributed by atoms with van der Waals surface area (Å²) in [7, 11) is 0. The minimum Gasteiger partial charge on any atom is -0.325 e. The third-order valence-corrected chi connectivity index (χ3v) is 5.46. The summed E-state index contributed by atoms with van der Waals surface area (Å²) in [4.78, 5) is 11.9. The number of hydrogen-bond acceptors (Lipinski definition) is 3. The van der Waals surface area contributed by atoms with Crippen LogP contribution in [0.4, 0.5) is 45.2 Å². The number of nitriles is 1. The number of rotatable bonds is 5. The Morgan fingerprint density at radius 2 is 1.48 bits per heavy atom. The van der Waals surface area contributed by atoms with Crippen molar-refractivity contribution in [3.63, 3.8) is 0 Å². The summed E-state index contributed by atoms with van der Waals surface area (Å²) in [6.07, 6.45) is -15.0. The second-order valence-corrected chi connectivity index (χ2v) is 7.91. The molecule has 0 heterocycles. The van der Waals surface area contributed by atoms with Gasteiger partial charge in [0.05, 0.1) is 34.0 Å². The maximum Gasteiger partial charge on any atom is 0.418 e. The molecule has 0 aliphatic rings. The number of amides is 1. The van der Waals surface area contributed by atoms with Crippen LogP contribution in [-0.2, 0) is 23.3 Å². The number of anilines is 1. The Kier molecular flexibility index (Phi) is 7.63. The maximum absolute atomic E-state index is 13.2. The number of carbonyl (C=O) groups is 1. The van der Waals surface area contributed by atoms with Gasteiger partial charge >= 0.3 is 18.5 Å². The normalized spacial score (nSPS) is 13.4. The van der Waals surface area contributed by atoms with E-state index in [4.69, 9.17) is 5.26 Å². The van der Waals surface area contributed by atoms with Crippen molar-refractivity contribution >= 4 is 23.4 Å². The molecule has 1 atom stereocenters. The molecule has 178 valence electrons. The average molecular weight is 500 g/mol. The van der Waals surface area contributed by atoms with E-state index in [1.807, 2.05) is 5.32 Å². The Hall–Kier alpha value is -2.88. The molecule has 2 rings (SSSR count). The van der Waals surface area contributed by atoms with Crippen LogP contribution < -0.4 is 5.32 Å². The molecule has 2 aromatic carbocycles. The number of thioether (sulfide) groups is 1. The molecule has 3 nitrogen and oxygen atoms in total. The van der Waals surface area contributed by atoms with Crippen molar-refractivity contribution in [1.82, 2.24) is 0 Å². The predicted octanol–water partition coefficient (Wildman–Crippen LogP) is 6.98. The highest BCUT2D eigenvalue weighted by atomic mass is 32.2. The second kappa shape index (κ2) is 9.54. The standard InChI is InChI=1S/C20H13F9N2OS/c1-10(17(32)31-16-3-2-11(8-30)4-15(16)20(27,28)29)9-33-14-6-12(18(21,22)23)5-13(7-14)19(24,25)26/h2-7,10H,9H2,1H3,(H,31,32). The van der Waals surface area contributed by atoms with Gasteiger partial charge in [0.1, 0.15) is 0 Å². The van der Waals surface area contributed by atoms with E-state index in [-0.39, 0.29) is 17.4 Å². The maximum atomic E-state index is 13.2. The van der Waals surface area contributed by atoms with Crippen molar-refractivity contribution in [1.29, 1.82) is 5.26 Å². The summed E-state index contributed by atoms with van der Waals surface area (Å²) >= 11 is 0.518. The third kappa shape index (κ3) is 7.05. The highest BCUT2D eigenvalue weighted by Gasteiger charge is 2.37. The topological polar surface area (TPSA) is 52.9 Å².